The van der Waals surface area contributed by atoms with Gasteiger partial charge in [-0.3, -0.25) is 5.10 Å². The van der Waals surface area contributed by atoms with E-state index in [0.717, 1.165) is 10.9 Å². The molecule has 1 unspecified atom stereocenters. The highest BCUT2D eigenvalue weighted by molar-refractivity contribution is 7.99. The summed E-state index contributed by atoms with van der Waals surface area (Å²) in [5.74, 6) is 0.792. The number of aromatic amines is 1. The molecule has 0 saturated heterocycles. The summed E-state index contributed by atoms with van der Waals surface area (Å²) in [5, 5.41) is 7.41. The molecule has 0 aliphatic heterocycles. The summed E-state index contributed by atoms with van der Waals surface area (Å²) in [6.45, 7) is 2.08. The number of hydrogen-bond donors (Lipinski definition) is 2. The lowest BCUT2D eigenvalue weighted by Gasteiger charge is -2.13. The predicted octanol–water partition coefficient (Wildman–Crippen LogP) is 1.91. The molecule has 16 heavy (non-hydrogen) atoms. The molecule has 0 fully saturated rings. The summed E-state index contributed by atoms with van der Waals surface area (Å²) in [5.41, 5.74) is 8.55. The number of aromatic nitrogens is 3. The Bertz CT molecular complexity index is 441. The highest BCUT2D eigenvalue weighted by atomic mass is 32.2. The van der Waals surface area contributed by atoms with Gasteiger partial charge in [-0.15, -0.1) is 0 Å². The fourth-order valence-corrected chi connectivity index (χ4v) is 2.28. The quantitative estimate of drug-likeness (QED) is 0.793. The fourth-order valence-electron chi connectivity index (χ4n) is 1.53. The van der Waals surface area contributed by atoms with Gasteiger partial charge in [0.1, 0.15) is 6.33 Å². The van der Waals surface area contributed by atoms with Gasteiger partial charge in [0, 0.05) is 11.8 Å². The monoisotopic (exact) mass is 234 g/mol. The smallest absolute Gasteiger partial charge is 0.183 e. The van der Waals surface area contributed by atoms with Crippen LogP contribution < -0.4 is 5.73 Å². The van der Waals surface area contributed by atoms with Crippen LogP contribution in [0.15, 0.2) is 35.7 Å². The summed E-state index contributed by atoms with van der Waals surface area (Å²) in [7, 11) is 0. The first-order valence-electron chi connectivity index (χ1n) is 5.06. The number of hydrogen-bond acceptors (Lipinski definition) is 4. The standard InChI is InChI=1S/C11H14N4S/c1-8-4-2-3-5-9(8)10(12)6-16-11-13-7-14-15-11/h2-5,7,10H,6,12H2,1H3,(H,13,14,15). The van der Waals surface area contributed by atoms with Crippen molar-refractivity contribution >= 4 is 11.8 Å². The zero-order chi connectivity index (χ0) is 11.4. The molecule has 0 radical (unpaired) electrons. The number of H-pyrrole nitrogens is 1. The second-order valence-electron chi connectivity index (χ2n) is 3.56. The third kappa shape index (κ3) is 2.62. The van der Waals surface area contributed by atoms with E-state index in [1.165, 1.54) is 17.5 Å². The van der Waals surface area contributed by atoms with Crippen molar-refractivity contribution < 1.29 is 0 Å². The van der Waals surface area contributed by atoms with Crippen molar-refractivity contribution in [1.29, 1.82) is 0 Å². The SMILES string of the molecule is Cc1ccccc1C(N)CSc1ncn[nH]1. The minimum absolute atomic E-state index is 0.0244. The molecular formula is C11H14N4S. The summed E-state index contributed by atoms with van der Waals surface area (Å²) < 4.78 is 0. The highest BCUT2D eigenvalue weighted by Gasteiger charge is 2.09. The van der Waals surface area contributed by atoms with E-state index in [-0.39, 0.29) is 6.04 Å². The number of nitrogens with two attached hydrogens (primary N) is 1. The van der Waals surface area contributed by atoms with Gasteiger partial charge >= 0.3 is 0 Å². The second-order valence-corrected chi connectivity index (χ2v) is 4.57. The van der Waals surface area contributed by atoms with Gasteiger partial charge in [-0.1, -0.05) is 36.0 Å². The maximum absolute atomic E-state index is 6.13. The zero-order valence-corrected chi connectivity index (χ0v) is 9.87. The Morgan fingerprint density at radius 1 is 1.44 bits per heavy atom. The van der Waals surface area contributed by atoms with E-state index < -0.39 is 0 Å². The van der Waals surface area contributed by atoms with Gasteiger partial charge in [-0.25, -0.2) is 4.98 Å². The first-order valence-corrected chi connectivity index (χ1v) is 6.05. The molecular weight excluding hydrogens is 220 g/mol. The minimum Gasteiger partial charge on any atom is -0.323 e. The molecule has 1 aromatic heterocycles. The van der Waals surface area contributed by atoms with Crippen molar-refractivity contribution in [2.24, 2.45) is 5.73 Å². The van der Waals surface area contributed by atoms with Gasteiger partial charge in [-0.05, 0) is 18.1 Å². The first-order chi connectivity index (χ1) is 7.77. The molecule has 1 heterocycles. The lowest BCUT2D eigenvalue weighted by Crippen LogP contribution is -2.14. The maximum Gasteiger partial charge on any atom is 0.183 e. The Morgan fingerprint density at radius 3 is 2.94 bits per heavy atom. The van der Waals surface area contributed by atoms with Crippen molar-refractivity contribution in [2.45, 2.75) is 18.1 Å². The average molecular weight is 234 g/mol. The molecule has 0 spiro atoms. The largest absolute Gasteiger partial charge is 0.323 e. The van der Waals surface area contributed by atoms with Crippen LogP contribution in [0.1, 0.15) is 17.2 Å². The predicted molar refractivity (Wildman–Crippen MR) is 65.2 cm³/mol. The molecule has 1 atom stereocenters. The van der Waals surface area contributed by atoms with E-state index in [9.17, 15) is 0 Å². The number of benzene rings is 1. The molecule has 4 nitrogen and oxygen atoms in total. The summed E-state index contributed by atoms with van der Waals surface area (Å²) in [6.07, 6.45) is 1.50. The first kappa shape index (κ1) is 11.2. The van der Waals surface area contributed by atoms with Gasteiger partial charge < -0.3 is 5.73 Å². The number of nitrogens with zero attached hydrogens (tertiary/aromatic N) is 2. The Labute approximate surface area is 98.7 Å². The fraction of sp³-hybridized carbons (Fsp3) is 0.273. The van der Waals surface area contributed by atoms with Crippen LogP contribution in [0.2, 0.25) is 0 Å². The molecule has 0 bridgehead atoms. The van der Waals surface area contributed by atoms with Crippen LogP contribution in [0.3, 0.4) is 0 Å². The van der Waals surface area contributed by atoms with Crippen LogP contribution in [-0.2, 0) is 0 Å². The highest BCUT2D eigenvalue weighted by Crippen LogP contribution is 2.22. The van der Waals surface area contributed by atoms with E-state index in [1.54, 1.807) is 11.8 Å². The summed E-state index contributed by atoms with van der Waals surface area (Å²) >= 11 is 1.58. The van der Waals surface area contributed by atoms with Gasteiger partial charge in [0.2, 0.25) is 0 Å². The lowest BCUT2D eigenvalue weighted by molar-refractivity contribution is 0.819. The molecule has 84 valence electrons. The van der Waals surface area contributed by atoms with Crippen molar-refractivity contribution in [3.8, 4) is 0 Å². The van der Waals surface area contributed by atoms with Crippen LogP contribution in [0.5, 0.6) is 0 Å². The lowest BCUT2D eigenvalue weighted by atomic mass is 10.0. The van der Waals surface area contributed by atoms with Gasteiger partial charge in [-0.2, -0.15) is 5.10 Å². The number of aryl methyl sites for hydroxylation is 1. The van der Waals surface area contributed by atoms with Crippen LogP contribution in [0, 0.1) is 6.92 Å². The normalized spacial score (nSPS) is 12.6. The summed E-state index contributed by atoms with van der Waals surface area (Å²) in [6, 6.07) is 8.21. The molecule has 2 aromatic rings. The molecule has 3 N–H and O–H groups in total. The Hall–Kier alpha value is -1.33. The van der Waals surface area contributed by atoms with Gasteiger partial charge in [0.05, 0.1) is 0 Å². The third-order valence-electron chi connectivity index (χ3n) is 2.38. The third-order valence-corrected chi connectivity index (χ3v) is 3.38. The van der Waals surface area contributed by atoms with Crippen LogP contribution in [0.4, 0.5) is 0 Å². The van der Waals surface area contributed by atoms with E-state index >= 15 is 0 Å². The molecule has 5 heteroatoms. The van der Waals surface area contributed by atoms with Crippen LogP contribution in [-0.4, -0.2) is 20.9 Å². The number of rotatable bonds is 4. The van der Waals surface area contributed by atoms with Gasteiger partial charge in [0.25, 0.3) is 0 Å². The van der Waals surface area contributed by atoms with Crippen LogP contribution in [0.25, 0.3) is 0 Å². The Kier molecular flexibility index (Phi) is 3.58. The Morgan fingerprint density at radius 2 is 2.25 bits per heavy atom. The molecule has 0 aliphatic rings. The van der Waals surface area contributed by atoms with Crippen molar-refractivity contribution in [3.05, 3.63) is 41.7 Å². The molecule has 0 saturated carbocycles. The molecule has 2 rings (SSSR count). The number of thioether (sulfide) groups is 1. The van der Waals surface area contributed by atoms with E-state index in [0.29, 0.717) is 0 Å². The van der Waals surface area contributed by atoms with Crippen molar-refractivity contribution in [1.82, 2.24) is 15.2 Å². The average Bonchev–Trinajstić information content (AvgIpc) is 2.79. The van der Waals surface area contributed by atoms with Gasteiger partial charge in [0.15, 0.2) is 5.16 Å². The second kappa shape index (κ2) is 5.14. The zero-order valence-electron chi connectivity index (χ0n) is 9.05. The maximum atomic E-state index is 6.13. The Balaban J connectivity index is 1.98. The summed E-state index contributed by atoms with van der Waals surface area (Å²) in [4.78, 5) is 4.05. The topological polar surface area (TPSA) is 67.6 Å². The van der Waals surface area contributed by atoms with E-state index in [4.69, 9.17) is 5.73 Å². The minimum atomic E-state index is 0.0244. The van der Waals surface area contributed by atoms with E-state index in [2.05, 4.69) is 34.2 Å². The van der Waals surface area contributed by atoms with Crippen molar-refractivity contribution in [2.75, 3.05) is 5.75 Å². The number of nitrogens with one attached hydrogen (secondary N) is 1. The molecule has 0 aliphatic carbocycles. The molecule has 0 amide bonds. The molecule has 1 aromatic carbocycles. The van der Waals surface area contributed by atoms with E-state index in [1.807, 2.05) is 12.1 Å². The van der Waals surface area contributed by atoms with Crippen LogP contribution >= 0.6 is 11.8 Å². The van der Waals surface area contributed by atoms with Crippen molar-refractivity contribution in [3.63, 3.8) is 0 Å².